The van der Waals surface area contributed by atoms with Crippen molar-refractivity contribution >= 4 is 42.4 Å². The minimum Gasteiger partial charge on any atom is -0.756 e. The predicted octanol–water partition coefficient (Wildman–Crippen LogP) is 12.2. The highest BCUT2D eigenvalue weighted by atomic mass is 32.1. The molecule has 0 aromatic heterocycles. The van der Waals surface area contributed by atoms with E-state index in [0.29, 0.717) is 34.0 Å². The third kappa shape index (κ3) is 37.6. The Labute approximate surface area is 320 Å². The second kappa shape index (κ2) is 34.6. The summed E-state index contributed by atoms with van der Waals surface area (Å²) in [5.74, 6) is 0. The lowest BCUT2D eigenvalue weighted by Gasteiger charge is -2.28. The first-order chi connectivity index (χ1) is 24.0. The molecule has 0 radical (unpaired) electrons. The standard InChI is InChI=1S/C40H80NO6PS2/c1-6-8-10-12-14-16-18-20-22-24-26-28-30-32-39(49)44-36-38(37-46-48(42,43)45-35-34-41(3,4)5)47-40(50)33-31-29-27-25-23-21-19-17-15-13-11-9-7-2/h38H,6-37H2,1-5H3/t38-/m1/s1. The number of thiocarbonyl (C=S) groups is 2. The van der Waals surface area contributed by atoms with Gasteiger partial charge in [-0.2, -0.15) is 0 Å². The van der Waals surface area contributed by atoms with E-state index >= 15 is 0 Å². The molecular formula is C40H80NO6PS2. The zero-order chi connectivity index (χ0) is 37.2. The van der Waals surface area contributed by atoms with Gasteiger partial charge in [-0.3, -0.25) is 4.57 Å². The molecule has 1 unspecified atom stereocenters. The molecule has 0 aromatic rings. The highest BCUT2D eigenvalue weighted by molar-refractivity contribution is 7.80. The van der Waals surface area contributed by atoms with Crippen LogP contribution in [-0.2, 0) is 23.1 Å². The van der Waals surface area contributed by atoms with E-state index in [0.717, 1.165) is 25.7 Å². The topological polar surface area (TPSA) is 77.1 Å². The number of unbranched alkanes of at least 4 members (excludes halogenated alkanes) is 24. The van der Waals surface area contributed by atoms with E-state index in [1.54, 1.807) is 0 Å². The first kappa shape index (κ1) is 49.9. The van der Waals surface area contributed by atoms with Crippen LogP contribution in [0.5, 0.6) is 0 Å². The van der Waals surface area contributed by atoms with E-state index in [-0.39, 0.29) is 19.8 Å². The van der Waals surface area contributed by atoms with E-state index in [1.165, 1.54) is 141 Å². The fourth-order valence-corrected chi connectivity index (χ4v) is 7.05. The molecule has 0 saturated heterocycles. The SMILES string of the molecule is CCCCCCCCCCCCCCCC(=S)OC[C@H](COP(=O)([O-])OCC[N+](C)(C)C)OC(=S)CCCCCCCCCCCCCCC. The minimum atomic E-state index is -4.49. The zero-order valence-electron chi connectivity index (χ0n) is 33.4. The Morgan fingerprint density at radius 3 is 1.30 bits per heavy atom. The quantitative estimate of drug-likeness (QED) is 0.0266. The highest BCUT2D eigenvalue weighted by Gasteiger charge is 2.20. The molecule has 0 aliphatic heterocycles. The Balaban J connectivity index is 4.36. The minimum absolute atomic E-state index is 0.0486. The van der Waals surface area contributed by atoms with Crippen molar-refractivity contribution in [3.8, 4) is 0 Å². The van der Waals surface area contributed by atoms with Crippen LogP contribution in [0.15, 0.2) is 0 Å². The largest absolute Gasteiger partial charge is 0.756 e. The van der Waals surface area contributed by atoms with E-state index in [4.69, 9.17) is 43.0 Å². The van der Waals surface area contributed by atoms with Gasteiger partial charge in [0.05, 0.1) is 27.7 Å². The second-order valence-corrected chi connectivity index (χ2v) is 17.7. The van der Waals surface area contributed by atoms with Crippen LogP contribution in [0.1, 0.15) is 194 Å². The number of likely N-dealkylation sites (N-methyl/N-ethyl adjacent to an activating group) is 1. The third-order valence-electron chi connectivity index (χ3n) is 9.13. The summed E-state index contributed by atoms with van der Waals surface area (Å²) in [4.78, 5) is 12.4. The summed E-state index contributed by atoms with van der Waals surface area (Å²) < 4.78 is 35.1. The molecule has 7 nitrogen and oxygen atoms in total. The van der Waals surface area contributed by atoms with E-state index in [2.05, 4.69) is 13.8 Å². The number of hydrogen-bond donors (Lipinski definition) is 0. The van der Waals surface area contributed by atoms with Crippen molar-refractivity contribution < 1.29 is 32.5 Å². The monoisotopic (exact) mass is 766 g/mol. The summed E-state index contributed by atoms with van der Waals surface area (Å²) in [6.07, 6.45) is 34.3. The summed E-state index contributed by atoms with van der Waals surface area (Å²) in [5, 5.41) is 0.980. The van der Waals surface area contributed by atoms with Crippen molar-refractivity contribution in [1.29, 1.82) is 0 Å². The molecule has 0 aromatic carbocycles. The second-order valence-electron chi connectivity index (χ2n) is 15.4. The number of phosphoric ester groups is 1. The van der Waals surface area contributed by atoms with Crippen molar-refractivity contribution in [1.82, 2.24) is 0 Å². The first-order valence-electron chi connectivity index (χ1n) is 20.7. The molecule has 0 fully saturated rings. The molecule has 0 N–H and O–H groups in total. The van der Waals surface area contributed by atoms with Crippen LogP contribution in [0, 0.1) is 0 Å². The maximum atomic E-state index is 12.4. The number of ether oxygens (including phenoxy) is 2. The lowest BCUT2D eigenvalue weighted by atomic mass is 10.0. The highest BCUT2D eigenvalue weighted by Crippen LogP contribution is 2.38. The summed E-state index contributed by atoms with van der Waals surface area (Å²) in [5.41, 5.74) is 0. The molecule has 10 heteroatoms. The van der Waals surface area contributed by atoms with Crippen molar-refractivity contribution in [2.45, 2.75) is 200 Å². The van der Waals surface area contributed by atoms with Crippen molar-refractivity contribution in [3.63, 3.8) is 0 Å². The van der Waals surface area contributed by atoms with E-state index < -0.39 is 13.9 Å². The van der Waals surface area contributed by atoms with Gasteiger partial charge in [-0.15, -0.1) is 0 Å². The normalized spacial score (nSPS) is 13.6. The molecule has 0 saturated carbocycles. The molecule has 2 atom stereocenters. The molecular weight excluding hydrogens is 686 g/mol. The Morgan fingerprint density at radius 1 is 0.560 bits per heavy atom. The maximum Gasteiger partial charge on any atom is 0.268 e. The number of phosphoric acid groups is 1. The van der Waals surface area contributed by atoms with Crippen LogP contribution < -0.4 is 4.89 Å². The van der Waals surface area contributed by atoms with Gasteiger partial charge in [-0.25, -0.2) is 0 Å². The van der Waals surface area contributed by atoms with Crippen LogP contribution in [-0.4, -0.2) is 68.2 Å². The van der Waals surface area contributed by atoms with Gasteiger partial charge in [0.2, 0.25) is 0 Å². The lowest BCUT2D eigenvalue weighted by Crippen LogP contribution is -2.37. The van der Waals surface area contributed by atoms with Gasteiger partial charge in [0.1, 0.15) is 19.8 Å². The molecule has 0 heterocycles. The number of hydrogen-bond acceptors (Lipinski definition) is 8. The summed E-state index contributed by atoms with van der Waals surface area (Å²) in [6.45, 7) is 4.98. The number of rotatable bonds is 38. The van der Waals surface area contributed by atoms with Gasteiger partial charge in [0.15, 0.2) is 16.2 Å². The van der Waals surface area contributed by atoms with Gasteiger partial charge in [-0.1, -0.05) is 168 Å². The predicted molar refractivity (Wildman–Crippen MR) is 219 cm³/mol. The van der Waals surface area contributed by atoms with Crippen LogP contribution in [0.25, 0.3) is 0 Å². The average molecular weight is 766 g/mol. The van der Waals surface area contributed by atoms with E-state index in [9.17, 15) is 9.46 Å². The lowest BCUT2D eigenvalue weighted by molar-refractivity contribution is -0.870. The summed E-state index contributed by atoms with van der Waals surface area (Å²) in [6, 6.07) is 0. The summed E-state index contributed by atoms with van der Waals surface area (Å²) >= 11 is 11.0. The molecule has 0 spiro atoms. The third-order valence-corrected chi connectivity index (χ3v) is 10.7. The molecule has 0 bridgehead atoms. The van der Waals surface area contributed by atoms with Crippen LogP contribution in [0.2, 0.25) is 0 Å². The van der Waals surface area contributed by atoms with Gasteiger partial charge >= 0.3 is 0 Å². The van der Waals surface area contributed by atoms with E-state index in [1.807, 2.05) is 21.1 Å². The fourth-order valence-electron chi connectivity index (χ4n) is 5.83. The molecule has 0 aliphatic rings. The fraction of sp³-hybridized carbons (Fsp3) is 0.950. The molecule has 0 amide bonds. The maximum absolute atomic E-state index is 12.4. The van der Waals surface area contributed by atoms with Crippen molar-refractivity contribution in [2.24, 2.45) is 0 Å². The van der Waals surface area contributed by atoms with Crippen molar-refractivity contribution in [2.75, 3.05) is 47.5 Å². The Morgan fingerprint density at radius 2 is 0.920 bits per heavy atom. The number of quaternary nitrogens is 1. The van der Waals surface area contributed by atoms with Crippen molar-refractivity contribution in [3.05, 3.63) is 0 Å². The summed E-state index contributed by atoms with van der Waals surface area (Å²) in [7, 11) is 1.43. The zero-order valence-corrected chi connectivity index (χ0v) is 35.9. The van der Waals surface area contributed by atoms with Crippen LogP contribution in [0.4, 0.5) is 0 Å². The average Bonchev–Trinajstić information content (AvgIpc) is 3.06. The smallest absolute Gasteiger partial charge is 0.268 e. The molecule has 50 heavy (non-hydrogen) atoms. The Bertz CT molecular complexity index is 841. The van der Waals surface area contributed by atoms with Gasteiger partial charge in [0, 0.05) is 12.8 Å². The Kier molecular flexibility index (Phi) is 34.5. The Hall–Kier alpha value is -0.150. The molecule has 298 valence electrons. The van der Waals surface area contributed by atoms with Crippen LogP contribution in [0.3, 0.4) is 0 Å². The molecule has 0 aliphatic carbocycles. The molecule has 0 rings (SSSR count). The first-order valence-corrected chi connectivity index (χ1v) is 23.0. The number of nitrogens with zero attached hydrogens (tertiary/aromatic N) is 1. The van der Waals surface area contributed by atoms with Gasteiger partial charge < -0.3 is 27.9 Å². The van der Waals surface area contributed by atoms with Crippen LogP contribution >= 0.6 is 32.3 Å². The van der Waals surface area contributed by atoms with Gasteiger partial charge in [0.25, 0.3) is 7.82 Å². The van der Waals surface area contributed by atoms with Gasteiger partial charge in [-0.05, 0) is 37.3 Å².